The quantitative estimate of drug-likeness (QED) is 0.589. The van der Waals surface area contributed by atoms with E-state index in [-0.39, 0.29) is 6.10 Å². The molecule has 3 heteroatoms. The normalized spacial score (nSPS) is 20.2. The van der Waals surface area contributed by atoms with Gasteiger partial charge in [0.05, 0.1) is 6.10 Å². The van der Waals surface area contributed by atoms with E-state index in [0.29, 0.717) is 6.04 Å². The molecule has 0 aromatic carbocycles. The van der Waals surface area contributed by atoms with Crippen LogP contribution >= 0.6 is 0 Å². The minimum absolute atomic E-state index is 0.207. The van der Waals surface area contributed by atoms with Gasteiger partial charge in [-0.3, -0.25) is 0 Å². The maximum absolute atomic E-state index is 9.96. The molecule has 108 valence electrons. The number of aliphatic hydroxyl groups excluding tert-OH is 1. The molecular formula is C15H32N2O. The van der Waals surface area contributed by atoms with E-state index >= 15 is 0 Å². The zero-order chi connectivity index (χ0) is 13.2. The van der Waals surface area contributed by atoms with E-state index in [1.165, 1.54) is 58.0 Å². The van der Waals surface area contributed by atoms with E-state index in [0.717, 1.165) is 13.1 Å². The molecule has 1 saturated heterocycles. The number of hydrogen-bond donors (Lipinski definition) is 2. The molecule has 0 radical (unpaired) electrons. The van der Waals surface area contributed by atoms with Gasteiger partial charge in [0.25, 0.3) is 0 Å². The summed E-state index contributed by atoms with van der Waals surface area (Å²) in [6.45, 7) is 8.40. The van der Waals surface area contributed by atoms with Crippen molar-refractivity contribution in [1.82, 2.24) is 10.2 Å². The lowest BCUT2D eigenvalue weighted by molar-refractivity contribution is 0.120. The highest BCUT2D eigenvalue weighted by atomic mass is 16.3. The maximum atomic E-state index is 9.96. The van der Waals surface area contributed by atoms with Crippen molar-refractivity contribution in [3.8, 4) is 0 Å². The van der Waals surface area contributed by atoms with Gasteiger partial charge in [0.15, 0.2) is 0 Å². The fourth-order valence-electron chi connectivity index (χ4n) is 2.64. The molecule has 2 unspecified atom stereocenters. The number of unbranched alkanes of at least 4 members (excludes halogenated alkanes) is 3. The van der Waals surface area contributed by atoms with Crippen LogP contribution in [0.2, 0.25) is 0 Å². The molecule has 3 nitrogen and oxygen atoms in total. The molecular weight excluding hydrogens is 224 g/mol. The summed E-state index contributed by atoms with van der Waals surface area (Å²) in [4.78, 5) is 2.37. The molecule has 0 saturated carbocycles. The summed E-state index contributed by atoms with van der Waals surface area (Å²) in [7, 11) is 0. The highest BCUT2D eigenvalue weighted by Crippen LogP contribution is 2.08. The van der Waals surface area contributed by atoms with Gasteiger partial charge in [-0.2, -0.15) is 0 Å². The maximum Gasteiger partial charge on any atom is 0.0791 e. The predicted octanol–water partition coefficient (Wildman–Crippen LogP) is 2.39. The average molecular weight is 256 g/mol. The third-order valence-electron chi connectivity index (χ3n) is 3.86. The Balaban J connectivity index is 1.97. The van der Waals surface area contributed by atoms with Gasteiger partial charge in [0.2, 0.25) is 0 Å². The first-order valence-electron chi connectivity index (χ1n) is 7.86. The molecule has 0 bridgehead atoms. The first-order chi connectivity index (χ1) is 8.72. The number of β-amino-alcohol motifs (C(OH)–C–C–N with tert-alkyl or cyclic N) is 1. The molecule has 18 heavy (non-hydrogen) atoms. The Morgan fingerprint density at radius 3 is 2.56 bits per heavy atom. The van der Waals surface area contributed by atoms with Crippen LogP contribution in [-0.4, -0.2) is 48.3 Å². The monoisotopic (exact) mass is 256 g/mol. The summed E-state index contributed by atoms with van der Waals surface area (Å²) in [6, 6.07) is 0.537. The Morgan fingerprint density at radius 1 is 1.17 bits per heavy atom. The number of aliphatic hydroxyl groups is 1. The van der Waals surface area contributed by atoms with Gasteiger partial charge in [0.1, 0.15) is 0 Å². The molecule has 0 aromatic rings. The summed E-state index contributed by atoms with van der Waals surface area (Å²) in [6.07, 6.45) is 8.93. The second-order valence-electron chi connectivity index (χ2n) is 5.82. The van der Waals surface area contributed by atoms with E-state index in [9.17, 15) is 5.11 Å². The van der Waals surface area contributed by atoms with Crippen LogP contribution in [0.1, 0.15) is 58.8 Å². The Labute approximate surface area is 113 Å². The van der Waals surface area contributed by atoms with Gasteiger partial charge in [0, 0.05) is 19.1 Å². The summed E-state index contributed by atoms with van der Waals surface area (Å²) in [5.74, 6) is 0. The van der Waals surface area contributed by atoms with Crippen LogP contribution in [0.3, 0.4) is 0 Å². The largest absolute Gasteiger partial charge is 0.390 e. The molecule has 1 heterocycles. The van der Waals surface area contributed by atoms with E-state index in [1.54, 1.807) is 0 Å². The van der Waals surface area contributed by atoms with Crippen LogP contribution in [-0.2, 0) is 0 Å². The Hall–Kier alpha value is -0.120. The highest BCUT2D eigenvalue weighted by molar-refractivity contribution is 4.73. The number of hydrogen-bond acceptors (Lipinski definition) is 3. The minimum atomic E-state index is -0.207. The van der Waals surface area contributed by atoms with Gasteiger partial charge < -0.3 is 15.3 Å². The van der Waals surface area contributed by atoms with E-state index < -0.39 is 0 Å². The summed E-state index contributed by atoms with van der Waals surface area (Å²) in [5.41, 5.74) is 0. The molecule has 0 aliphatic carbocycles. The number of nitrogens with zero attached hydrogens (tertiary/aromatic N) is 1. The van der Waals surface area contributed by atoms with Crippen LogP contribution in [0.5, 0.6) is 0 Å². The molecule has 0 amide bonds. The molecule has 1 aliphatic heterocycles. The second-order valence-corrected chi connectivity index (χ2v) is 5.82. The molecule has 1 aliphatic rings. The topological polar surface area (TPSA) is 35.5 Å². The summed E-state index contributed by atoms with van der Waals surface area (Å²) >= 11 is 0. The van der Waals surface area contributed by atoms with Crippen molar-refractivity contribution in [1.29, 1.82) is 0 Å². The van der Waals surface area contributed by atoms with Crippen molar-refractivity contribution in [3.05, 3.63) is 0 Å². The third kappa shape index (κ3) is 7.34. The van der Waals surface area contributed by atoms with E-state index in [2.05, 4.69) is 24.1 Å². The summed E-state index contributed by atoms with van der Waals surface area (Å²) < 4.78 is 0. The molecule has 1 rings (SSSR count). The van der Waals surface area contributed by atoms with Crippen molar-refractivity contribution < 1.29 is 5.11 Å². The zero-order valence-corrected chi connectivity index (χ0v) is 12.3. The fraction of sp³-hybridized carbons (Fsp3) is 1.00. The van der Waals surface area contributed by atoms with Gasteiger partial charge >= 0.3 is 0 Å². The molecule has 2 N–H and O–H groups in total. The van der Waals surface area contributed by atoms with Gasteiger partial charge in [-0.1, -0.05) is 32.6 Å². The van der Waals surface area contributed by atoms with Crippen molar-refractivity contribution in [2.24, 2.45) is 0 Å². The van der Waals surface area contributed by atoms with E-state index in [1.807, 2.05) is 0 Å². The average Bonchev–Trinajstić information content (AvgIpc) is 2.85. The lowest BCUT2D eigenvalue weighted by atomic mass is 10.1. The Kier molecular flexibility index (Phi) is 8.64. The smallest absolute Gasteiger partial charge is 0.0791 e. The summed E-state index contributed by atoms with van der Waals surface area (Å²) in [5, 5.41) is 13.4. The van der Waals surface area contributed by atoms with Crippen LogP contribution in [0.25, 0.3) is 0 Å². The first-order valence-corrected chi connectivity index (χ1v) is 7.86. The lowest BCUT2D eigenvalue weighted by Gasteiger charge is -2.21. The number of rotatable bonds is 10. The minimum Gasteiger partial charge on any atom is -0.390 e. The third-order valence-corrected chi connectivity index (χ3v) is 3.86. The number of likely N-dealkylation sites (tertiary alicyclic amines) is 1. The van der Waals surface area contributed by atoms with Gasteiger partial charge in [-0.05, 0) is 39.3 Å². The fourth-order valence-corrected chi connectivity index (χ4v) is 2.64. The van der Waals surface area contributed by atoms with Crippen LogP contribution in [0, 0.1) is 0 Å². The van der Waals surface area contributed by atoms with E-state index in [4.69, 9.17) is 0 Å². The zero-order valence-electron chi connectivity index (χ0n) is 12.3. The van der Waals surface area contributed by atoms with Crippen LogP contribution in [0.4, 0.5) is 0 Å². The molecule has 2 atom stereocenters. The van der Waals surface area contributed by atoms with Crippen molar-refractivity contribution in [3.63, 3.8) is 0 Å². The van der Waals surface area contributed by atoms with Crippen LogP contribution in [0.15, 0.2) is 0 Å². The van der Waals surface area contributed by atoms with Crippen LogP contribution < -0.4 is 5.32 Å². The number of nitrogens with one attached hydrogen (secondary N) is 1. The molecule has 0 spiro atoms. The Bertz CT molecular complexity index is 193. The first kappa shape index (κ1) is 15.9. The second kappa shape index (κ2) is 9.76. The van der Waals surface area contributed by atoms with Crippen molar-refractivity contribution in [2.45, 2.75) is 70.9 Å². The highest BCUT2D eigenvalue weighted by Gasteiger charge is 2.15. The molecule has 0 aromatic heterocycles. The molecule has 1 fully saturated rings. The van der Waals surface area contributed by atoms with Gasteiger partial charge in [-0.15, -0.1) is 0 Å². The standard InChI is InChI=1S/C15H32N2O/c1-3-4-5-6-9-14(2)16-12-15(18)13-17-10-7-8-11-17/h14-16,18H,3-13H2,1-2H3. The van der Waals surface area contributed by atoms with Crippen molar-refractivity contribution in [2.75, 3.05) is 26.2 Å². The SMILES string of the molecule is CCCCCCC(C)NCC(O)CN1CCCC1. The lowest BCUT2D eigenvalue weighted by Crippen LogP contribution is -2.40. The predicted molar refractivity (Wildman–Crippen MR) is 77.9 cm³/mol. The van der Waals surface area contributed by atoms with Gasteiger partial charge in [-0.25, -0.2) is 0 Å². The van der Waals surface area contributed by atoms with Crippen molar-refractivity contribution >= 4 is 0 Å². The Morgan fingerprint density at radius 2 is 1.89 bits per heavy atom.